The van der Waals surface area contributed by atoms with Crippen molar-refractivity contribution in [3.8, 4) is 0 Å². The van der Waals surface area contributed by atoms with Gasteiger partial charge in [0.1, 0.15) is 5.82 Å². The molecule has 2 rings (SSSR count). The van der Waals surface area contributed by atoms with E-state index in [9.17, 15) is 14.0 Å². The molecule has 0 aliphatic carbocycles. The largest absolute Gasteiger partial charge is 0.478 e. The van der Waals surface area contributed by atoms with Gasteiger partial charge in [0.25, 0.3) is 0 Å². The van der Waals surface area contributed by atoms with Gasteiger partial charge in [0, 0.05) is 25.6 Å². The van der Waals surface area contributed by atoms with Crippen LogP contribution in [0.5, 0.6) is 0 Å². The highest BCUT2D eigenvalue weighted by Gasteiger charge is 2.26. The van der Waals surface area contributed by atoms with Crippen LogP contribution in [0.3, 0.4) is 0 Å². The van der Waals surface area contributed by atoms with Crippen LogP contribution >= 0.6 is 0 Å². The quantitative estimate of drug-likeness (QED) is 0.781. The van der Waals surface area contributed by atoms with Gasteiger partial charge in [0.05, 0.1) is 11.3 Å². The molecule has 1 fully saturated rings. The van der Waals surface area contributed by atoms with Gasteiger partial charge in [-0.15, -0.1) is 0 Å². The number of hydrogen-bond acceptors (Lipinski definition) is 3. The number of halogens is 1. The monoisotopic (exact) mass is 282 g/mol. The summed E-state index contributed by atoms with van der Waals surface area (Å²) in [6.45, 7) is 0.895. The summed E-state index contributed by atoms with van der Waals surface area (Å²) < 4.78 is 13.6. The van der Waals surface area contributed by atoms with Crippen LogP contribution in [0.1, 0.15) is 16.8 Å². The number of aromatic carboxylic acids is 1. The Morgan fingerprint density at radius 2 is 2.20 bits per heavy atom. The van der Waals surface area contributed by atoms with Gasteiger partial charge in [-0.05, 0) is 24.6 Å². The second kappa shape index (κ2) is 5.87. The lowest BCUT2D eigenvalue weighted by molar-refractivity contribution is 0.0697. The average molecular weight is 282 g/mol. The number of carbonyl (C=O) groups is 2. The van der Waals surface area contributed by atoms with Gasteiger partial charge < -0.3 is 20.4 Å². The summed E-state index contributed by atoms with van der Waals surface area (Å²) in [5.74, 6) is -1.85. The number of aliphatic hydroxyl groups excluding tert-OH is 1. The molecule has 1 atom stereocenters. The van der Waals surface area contributed by atoms with E-state index < -0.39 is 17.8 Å². The molecule has 1 unspecified atom stereocenters. The second-order valence-corrected chi connectivity index (χ2v) is 4.71. The molecule has 3 N–H and O–H groups in total. The summed E-state index contributed by atoms with van der Waals surface area (Å²) in [5, 5.41) is 20.2. The number of aliphatic hydroxyl groups is 1. The molecule has 0 bridgehead atoms. The van der Waals surface area contributed by atoms with Crippen LogP contribution in [0.2, 0.25) is 0 Å². The fraction of sp³-hybridized carbons (Fsp3) is 0.385. The Morgan fingerprint density at radius 1 is 1.45 bits per heavy atom. The van der Waals surface area contributed by atoms with Gasteiger partial charge in [-0.3, -0.25) is 0 Å². The van der Waals surface area contributed by atoms with Crippen molar-refractivity contribution in [2.45, 2.75) is 6.42 Å². The topological polar surface area (TPSA) is 89.9 Å². The van der Waals surface area contributed by atoms with Crippen LogP contribution < -0.4 is 5.32 Å². The van der Waals surface area contributed by atoms with E-state index in [2.05, 4.69) is 5.32 Å². The first-order valence-electron chi connectivity index (χ1n) is 6.21. The van der Waals surface area contributed by atoms with Crippen molar-refractivity contribution >= 4 is 17.7 Å². The first kappa shape index (κ1) is 14.3. The molecule has 1 heterocycles. The van der Waals surface area contributed by atoms with Gasteiger partial charge in [-0.25, -0.2) is 14.0 Å². The normalized spacial score (nSPS) is 18.1. The van der Waals surface area contributed by atoms with Crippen LogP contribution in [-0.2, 0) is 0 Å². The molecule has 0 spiro atoms. The summed E-state index contributed by atoms with van der Waals surface area (Å²) in [7, 11) is 0. The Morgan fingerprint density at radius 3 is 2.80 bits per heavy atom. The molecule has 7 heteroatoms. The van der Waals surface area contributed by atoms with Gasteiger partial charge in [0.15, 0.2) is 0 Å². The van der Waals surface area contributed by atoms with E-state index in [1.165, 1.54) is 4.90 Å². The zero-order valence-corrected chi connectivity index (χ0v) is 10.7. The molecule has 1 aliphatic heterocycles. The van der Waals surface area contributed by atoms with Gasteiger partial charge in [-0.2, -0.15) is 0 Å². The van der Waals surface area contributed by atoms with Crippen LogP contribution in [0.25, 0.3) is 0 Å². The lowest BCUT2D eigenvalue weighted by atomic mass is 10.1. The Kier molecular flexibility index (Phi) is 4.19. The van der Waals surface area contributed by atoms with E-state index in [1.807, 2.05) is 0 Å². The van der Waals surface area contributed by atoms with Gasteiger partial charge in [-0.1, -0.05) is 0 Å². The maximum Gasteiger partial charge on any atom is 0.335 e. The molecule has 0 saturated carbocycles. The van der Waals surface area contributed by atoms with Crippen molar-refractivity contribution in [3.63, 3.8) is 0 Å². The maximum absolute atomic E-state index is 13.6. The molecule has 1 saturated heterocycles. The zero-order chi connectivity index (χ0) is 14.7. The number of carboxylic acids is 1. The zero-order valence-electron chi connectivity index (χ0n) is 10.7. The van der Waals surface area contributed by atoms with E-state index >= 15 is 0 Å². The number of nitrogens with one attached hydrogen (secondary N) is 1. The minimum absolute atomic E-state index is 0.00659. The molecule has 0 radical (unpaired) electrons. The predicted octanol–water partition coefficient (Wildman–Crippen LogP) is 1.37. The molecule has 2 amide bonds. The lowest BCUT2D eigenvalue weighted by Crippen LogP contribution is -2.33. The molecule has 108 valence electrons. The van der Waals surface area contributed by atoms with Crippen molar-refractivity contribution < 1.29 is 24.2 Å². The number of benzene rings is 1. The molecular weight excluding hydrogens is 267 g/mol. The minimum Gasteiger partial charge on any atom is -0.478 e. The average Bonchev–Trinajstić information content (AvgIpc) is 2.89. The minimum atomic E-state index is -1.19. The number of anilines is 1. The summed E-state index contributed by atoms with van der Waals surface area (Å²) in [6, 6.07) is 2.71. The number of urea groups is 1. The standard InChI is InChI=1S/C13H15FN2O4/c14-10-2-1-9(12(18)19)5-11(10)15-13(20)16-4-3-8(6-16)7-17/h1-2,5,8,17H,3-4,6-7H2,(H,15,20)(H,18,19). The third-order valence-corrected chi connectivity index (χ3v) is 3.29. The first-order valence-corrected chi connectivity index (χ1v) is 6.21. The lowest BCUT2D eigenvalue weighted by Gasteiger charge is -2.17. The van der Waals surface area contributed by atoms with E-state index in [-0.39, 0.29) is 23.8 Å². The number of nitrogens with zero attached hydrogens (tertiary/aromatic N) is 1. The smallest absolute Gasteiger partial charge is 0.335 e. The molecule has 20 heavy (non-hydrogen) atoms. The highest BCUT2D eigenvalue weighted by Crippen LogP contribution is 2.20. The van der Waals surface area contributed by atoms with E-state index in [4.69, 9.17) is 10.2 Å². The summed E-state index contributed by atoms with van der Waals surface area (Å²) in [4.78, 5) is 24.2. The number of amides is 2. The first-order chi connectivity index (χ1) is 9.51. The molecule has 1 aliphatic rings. The SMILES string of the molecule is O=C(O)c1ccc(F)c(NC(=O)N2CCC(CO)C2)c1. The highest BCUT2D eigenvalue weighted by atomic mass is 19.1. The van der Waals surface area contributed by atoms with E-state index in [1.54, 1.807) is 0 Å². The fourth-order valence-electron chi connectivity index (χ4n) is 2.11. The van der Waals surface area contributed by atoms with Crippen LogP contribution in [-0.4, -0.2) is 46.8 Å². The Bertz CT molecular complexity index is 535. The van der Waals surface area contributed by atoms with Crippen molar-refractivity contribution in [1.82, 2.24) is 4.90 Å². The van der Waals surface area contributed by atoms with Crippen molar-refractivity contribution in [3.05, 3.63) is 29.6 Å². The molecule has 0 aromatic heterocycles. The third kappa shape index (κ3) is 3.05. The van der Waals surface area contributed by atoms with Gasteiger partial charge in [0.2, 0.25) is 0 Å². The number of likely N-dealkylation sites (tertiary alicyclic amines) is 1. The molecule has 1 aromatic carbocycles. The Balaban J connectivity index is 2.08. The molecular formula is C13H15FN2O4. The van der Waals surface area contributed by atoms with Crippen molar-refractivity contribution in [2.24, 2.45) is 5.92 Å². The van der Waals surface area contributed by atoms with E-state index in [0.29, 0.717) is 19.5 Å². The van der Waals surface area contributed by atoms with E-state index in [0.717, 1.165) is 18.2 Å². The predicted molar refractivity (Wildman–Crippen MR) is 69.1 cm³/mol. The summed E-state index contributed by atoms with van der Waals surface area (Å²) in [5.41, 5.74) is -0.265. The number of rotatable bonds is 3. The van der Waals surface area contributed by atoms with Gasteiger partial charge >= 0.3 is 12.0 Å². The Labute approximate surface area is 114 Å². The Hall–Kier alpha value is -2.15. The van der Waals surface area contributed by atoms with Crippen molar-refractivity contribution in [1.29, 1.82) is 0 Å². The third-order valence-electron chi connectivity index (χ3n) is 3.29. The fourth-order valence-corrected chi connectivity index (χ4v) is 2.11. The molecule has 1 aromatic rings. The number of carbonyl (C=O) groups excluding carboxylic acids is 1. The second-order valence-electron chi connectivity index (χ2n) is 4.71. The summed E-state index contributed by atoms with van der Waals surface area (Å²) >= 11 is 0. The molecule has 6 nitrogen and oxygen atoms in total. The van der Waals surface area contributed by atoms with Crippen LogP contribution in [0, 0.1) is 11.7 Å². The van der Waals surface area contributed by atoms with Crippen LogP contribution in [0.15, 0.2) is 18.2 Å². The number of carboxylic acid groups (broad SMARTS) is 1. The van der Waals surface area contributed by atoms with Crippen LogP contribution in [0.4, 0.5) is 14.9 Å². The highest BCUT2D eigenvalue weighted by molar-refractivity contribution is 5.93. The van der Waals surface area contributed by atoms with Crippen molar-refractivity contribution in [2.75, 3.05) is 25.0 Å². The number of hydrogen-bond donors (Lipinski definition) is 3. The maximum atomic E-state index is 13.6. The summed E-state index contributed by atoms with van der Waals surface area (Å²) in [6.07, 6.45) is 0.696.